The molecule has 1 aromatic carbocycles. The maximum absolute atomic E-state index is 12.2. The molecule has 0 heterocycles. The third-order valence-corrected chi connectivity index (χ3v) is 4.82. The van der Waals surface area contributed by atoms with Crippen LogP contribution in [0.25, 0.3) is 0 Å². The lowest BCUT2D eigenvalue weighted by Gasteiger charge is -2.24. The highest BCUT2D eigenvalue weighted by molar-refractivity contribution is 7.86. The van der Waals surface area contributed by atoms with Gasteiger partial charge in [-0.2, -0.15) is 8.42 Å². The first-order valence-electron chi connectivity index (χ1n) is 9.11. The average molecular weight is 418 g/mol. The van der Waals surface area contributed by atoms with Crippen LogP contribution in [0.1, 0.15) is 33.3 Å². The fourth-order valence-electron chi connectivity index (χ4n) is 2.10. The van der Waals surface area contributed by atoms with Crippen molar-refractivity contribution in [2.24, 2.45) is 0 Å². The molecule has 0 radical (unpaired) electrons. The van der Waals surface area contributed by atoms with Gasteiger partial charge in [-0.3, -0.25) is 4.18 Å². The zero-order valence-corrected chi connectivity index (χ0v) is 18.3. The van der Waals surface area contributed by atoms with Crippen LogP contribution in [0.15, 0.2) is 23.1 Å². The van der Waals surface area contributed by atoms with Crippen LogP contribution >= 0.6 is 0 Å². The number of nitrogens with zero attached hydrogens (tertiary/aromatic N) is 1. The highest BCUT2D eigenvalue weighted by Crippen LogP contribution is 2.26. The van der Waals surface area contributed by atoms with Crippen LogP contribution in [0.3, 0.4) is 0 Å². The minimum Gasteiger partial charge on any atom is -0.490 e. The molecule has 0 N–H and O–H groups in total. The molecule has 0 aromatic heterocycles. The number of ether oxygens (including phenoxy) is 3. The van der Waals surface area contributed by atoms with Crippen LogP contribution < -0.4 is 4.74 Å². The largest absolute Gasteiger partial charge is 0.490 e. The Kier molecular flexibility index (Phi) is 9.19. The molecule has 0 saturated heterocycles. The molecule has 0 saturated carbocycles. The Balaban J connectivity index is 2.47. The van der Waals surface area contributed by atoms with Crippen molar-refractivity contribution in [1.29, 1.82) is 0 Å². The first-order chi connectivity index (χ1) is 13.0. The molecule has 160 valence electrons. The predicted molar refractivity (Wildman–Crippen MR) is 105 cm³/mol. The van der Waals surface area contributed by atoms with Gasteiger partial charge in [0.05, 0.1) is 19.8 Å². The number of carbonyl (C=O) groups excluding carboxylic acids is 1. The van der Waals surface area contributed by atoms with E-state index in [1.807, 2.05) is 6.92 Å². The van der Waals surface area contributed by atoms with Gasteiger partial charge in [0, 0.05) is 13.6 Å². The number of rotatable bonds is 10. The lowest BCUT2D eigenvalue weighted by Crippen LogP contribution is -2.36. The van der Waals surface area contributed by atoms with Crippen LogP contribution in [-0.2, 0) is 23.8 Å². The predicted octanol–water partition coefficient (Wildman–Crippen LogP) is 2.98. The molecule has 0 aliphatic heterocycles. The van der Waals surface area contributed by atoms with Crippen molar-refractivity contribution in [2.75, 3.05) is 40.0 Å². The van der Waals surface area contributed by atoms with Crippen LogP contribution in [0, 0.1) is 6.92 Å². The van der Waals surface area contributed by atoms with Crippen LogP contribution in [0.4, 0.5) is 4.79 Å². The topological polar surface area (TPSA) is 91.4 Å². The molecule has 1 amide bonds. The fraction of sp³-hybridized carbons (Fsp3) is 0.632. The Bertz CT molecular complexity index is 741. The molecule has 0 aliphatic carbocycles. The van der Waals surface area contributed by atoms with E-state index < -0.39 is 21.8 Å². The second kappa shape index (κ2) is 10.6. The maximum atomic E-state index is 12.2. The van der Waals surface area contributed by atoms with Gasteiger partial charge in [-0.15, -0.1) is 0 Å². The van der Waals surface area contributed by atoms with E-state index in [4.69, 9.17) is 18.4 Å². The summed E-state index contributed by atoms with van der Waals surface area (Å²) in [6.07, 6.45) is -0.419. The Labute approximate surface area is 167 Å². The molecule has 0 aliphatic rings. The number of hydrogen-bond donors (Lipinski definition) is 0. The van der Waals surface area contributed by atoms with Crippen molar-refractivity contribution in [3.63, 3.8) is 0 Å². The number of amides is 1. The van der Waals surface area contributed by atoms with Crippen LogP contribution in [0.2, 0.25) is 0 Å². The van der Waals surface area contributed by atoms with Crippen LogP contribution in [0.5, 0.6) is 5.75 Å². The Morgan fingerprint density at radius 3 is 2.43 bits per heavy atom. The number of likely N-dealkylation sites (N-methyl/N-ethyl adjacent to an activating group) is 1. The van der Waals surface area contributed by atoms with E-state index in [2.05, 4.69) is 0 Å². The number of carbonyl (C=O) groups is 1. The van der Waals surface area contributed by atoms with Gasteiger partial charge in [0.15, 0.2) is 0 Å². The minimum atomic E-state index is -3.86. The van der Waals surface area contributed by atoms with E-state index in [1.165, 1.54) is 11.0 Å². The highest BCUT2D eigenvalue weighted by Gasteiger charge is 2.21. The van der Waals surface area contributed by atoms with E-state index >= 15 is 0 Å². The van der Waals surface area contributed by atoms with Crippen molar-refractivity contribution >= 4 is 16.2 Å². The second-order valence-corrected chi connectivity index (χ2v) is 8.76. The van der Waals surface area contributed by atoms with Gasteiger partial charge in [0.2, 0.25) is 0 Å². The molecular weight excluding hydrogens is 386 g/mol. The van der Waals surface area contributed by atoms with E-state index in [1.54, 1.807) is 46.9 Å². The van der Waals surface area contributed by atoms with Gasteiger partial charge in [-0.25, -0.2) is 4.79 Å². The lowest BCUT2D eigenvalue weighted by molar-refractivity contribution is 0.0216. The summed E-state index contributed by atoms with van der Waals surface area (Å²) in [7, 11) is -2.23. The van der Waals surface area contributed by atoms with E-state index in [0.29, 0.717) is 13.2 Å². The molecule has 0 spiro atoms. The first-order valence-corrected chi connectivity index (χ1v) is 10.5. The summed E-state index contributed by atoms with van der Waals surface area (Å²) in [4.78, 5) is 13.3. The summed E-state index contributed by atoms with van der Waals surface area (Å²) in [5.41, 5.74) is 0.318. The van der Waals surface area contributed by atoms with Gasteiger partial charge < -0.3 is 19.1 Å². The first kappa shape index (κ1) is 24.2. The fourth-order valence-corrected chi connectivity index (χ4v) is 3.13. The van der Waals surface area contributed by atoms with Crippen LogP contribution in [-0.4, -0.2) is 65.0 Å². The van der Waals surface area contributed by atoms with Gasteiger partial charge in [0.1, 0.15) is 22.9 Å². The second-order valence-electron chi connectivity index (χ2n) is 7.17. The summed E-state index contributed by atoms with van der Waals surface area (Å²) in [6.45, 7) is 9.97. The van der Waals surface area contributed by atoms with Crippen molar-refractivity contribution in [1.82, 2.24) is 4.90 Å². The molecular formula is C19H31NO7S. The highest BCUT2D eigenvalue weighted by atomic mass is 32.2. The SMILES string of the molecule is CCOS(=O)(=O)c1ccc(C)cc1OCCOCCN(C)C(=O)OC(C)(C)C. The molecule has 28 heavy (non-hydrogen) atoms. The van der Waals surface area contributed by atoms with Crippen molar-refractivity contribution in [2.45, 2.75) is 45.1 Å². The van der Waals surface area contributed by atoms with Gasteiger partial charge >= 0.3 is 16.2 Å². The maximum Gasteiger partial charge on any atom is 0.410 e. The number of hydrogen-bond acceptors (Lipinski definition) is 7. The van der Waals surface area contributed by atoms with Crippen molar-refractivity contribution in [3.8, 4) is 5.75 Å². The molecule has 9 heteroatoms. The van der Waals surface area contributed by atoms with Crippen molar-refractivity contribution < 1.29 is 31.6 Å². The third kappa shape index (κ3) is 8.45. The van der Waals surface area contributed by atoms with Crippen molar-refractivity contribution in [3.05, 3.63) is 23.8 Å². The zero-order valence-electron chi connectivity index (χ0n) is 17.5. The molecule has 0 atom stereocenters. The monoisotopic (exact) mass is 417 g/mol. The van der Waals surface area contributed by atoms with E-state index in [9.17, 15) is 13.2 Å². The molecule has 0 fully saturated rings. The third-order valence-electron chi connectivity index (χ3n) is 3.40. The summed E-state index contributed by atoms with van der Waals surface area (Å²) in [5, 5.41) is 0. The normalized spacial score (nSPS) is 11.9. The zero-order chi connectivity index (χ0) is 21.4. The summed E-state index contributed by atoms with van der Waals surface area (Å²) in [5.74, 6) is 0.225. The quantitative estimate of drug-likeness (QED) is 0.427. The minimum absolute atomic E-state index is 0.00962. The Hall–Kier alpha value is -1.84. The summed E-state index contributed by atoms with van der Waals surface area (Å²) >= 11 is 0. The lowest BCUT2D eigenvalue weighted by atomic mass is 10.2. The number of aryl methyl sites for hydroxylation is 1. The molecule has 0 unspecified atom stereocenters. The standard InChI is InChI=1S/C19H31NO7S/c1-7-26-28(22,23)17-9-8-15(2)14-16(17)25-13-12-24-11-10-20(6)18(21)27-19(3,4)5/h8-9,14H,7,10-13H2,1-6H3. The van der Waals surface area contributed by atoms with Gasteiger partial charge in [0.25, 0.3) is 0 Å². The summed E-state index contributed by atoms with van der Waals surface area (Å²) in [6, 6.07) is 4.79. The summed E-state index contributed by atoms with van der Waals surface area (Å²) < 4.78 is 45.4. The van der Waals surface area contributed by atoms with Gasteiger partial charge in [-0.1, -0.05) is 6.07 Å². The molecule has 1 aromatic rings. The molecule has 0 bridgehead atoms. The smallest absolute Gasteiger partial charge is 0.410 e. The molecule has 8 nitrogen and oxygen atoms in total. The van der Waals surface area contributed by atoms with Gasteiger partial charge in [-0.05, 0) is 52.3 Å². The Morgan fingerprint density at radius 2 is 1.82 bits per heavy atom. The van der Waals surface area contributed by atoms with E-state index in [0.717, 1.165) is 5.56 Å². The molecule has 1 rings (SSSR count). The van der Waals surface area contributed by atoms with E-state index in [-0.39, 0.29) is 30.5 Å². The average Bonchev–Trinajstić information content (AvgIpc) is 2.56. The Morgan fingerprint density at radius 1 is 1.14 bits per heavy atom. The number of benzene rings is 1.